The molecule has 2 aromatic heterocycles. The third kappa shape index (κ3) is 1.92. The van der Waals surface area contributed by atoms with Crippen LogP contribution in [-0.2, 0) is 13.6 Å². The van der Waals surface area contributed by atoms with E-state index in [9.17, 15) is 4.79 Å². The summed E-state index contributed by atoms with van der Waals surface area (Å²) in [7, 11) is 1.83. The van der Waals surface area contributed by atoms with Gasteiger partial charge in [0.2, 0.25) is 0 Å². The molecule has 0 aliphatic rings. The number of rotatable bonds is 3. The summed E-state index contributed by atoms with van der Waals surface area (Å²) < 4.78 is 3.21. The molecule has 0 bridgehead atoms. The molecule has 0 aliphatic carbocycles. The Bertz CT molecular complexity index is 528. The van der Waals surface area contributed by atoms with Crippen LogP contribution in [0.4, 0.5) is 0 Å². The molecule has 7 heteroatoms. The summed E-state index contributed by atoms with van der Waals surface area (Å²) in [4.78, 5) is 10.6. The summed E-state index contributed by atoms with van der Waals surface area (Å²) in [5.74, 6) is -1.08. The molecule has 2 rings (SSSR count). The lowest BCUT2D eigenvalue weighted by Gasteiger charge is -1.99. The number of carboxylic acids is 1. The average molecular weight is 221 g/mol. The van der Waals surface area contributed by atoms with E-state index in [1.165, 1.54) is 10.9 Å². The van der Waals surface area contributed by atoms with Gasteiger partial charge in [-0.3, -0.25) is 4.68 Å². The maximum Gasteiger partial charge on any atom is 0.358 e. The minimum Gasteiger partial charge on any atom is -0.476 e. The van der Waals surface area contributed by atoms with E-state index < -0.39 is 5.97 Å². The Morgan fingerprint density at radius 1 is 1.56 bits per heavy atom. The summed E-state index contributed by atoms with van der Waals surface area (Å²) in [5, 5.41) is 20.1. The lowest BCUT2D eigenvalue weighted by atomic mass is 10.3. The molecule has 0 saturated heterocycles. The first kappa shape index (κ1) is 10.3. The fourth-order valence-electron chi connectivity index (χ4n) is 1.45. The van der Waals surface area contributed by atoms with Crippen LogP contribution in [0.15, 0.2) is 12.3 Å². The van der Waals surface area contributed by atoms with Crippen LogP contribution in [0, 0.1) is 6.92 Å². The van der Waals surface area contributed by atoms with Gasteiger partial charge in [-0.05, 0) is 13.0 Å². The zero-order valence-corrected chi connectivity index (χ0v) is 8.95. The van der Waals surface area contributed by atoms with E-state index in [-0.39, 0.29) is 5.69 Å². The number of aryl methyl sites for hydroxylation is 2. The van der Waals surface area contributed by atoms with Gasteiger partial charge in [-0.25, -0.2) is 9.48 Å². The van der Waals surface area contributed by atoms with E-state index in [0.29, 0.717) is 6.54 Å². The van der Waals surface area contributed by atoms with Crippen LogP contribution in [0.5, 0.6) is 0 Å². The fourth-order valence-corrected chi connectivity index (χ4v) is 1.45. The predicted molar refractivity (Wildman–Crippen MR) is 54.0 cm³/mol. The van der Waals surface area contributed by atoms with Crippen LogP contribution in [0.3, 0.4) is 0 Å². The molecule has 16 heavy (non-hydrogen) atoms. The molecule has 2 heterocycles. The maximum atomic E-state index is 10.6. The van der Waals surface area contributed by atoms with Crippen molar-refractivity contribution in [3.05, 3.63) is 29.3 Å². The smallest absolute Gasteiger partial charge is 0.358 e. The van der Waals surface area contributed by atoms with Gasteiger partial charge in [0.25, 0.3) is 0 Å². The number of carbonyl (C=O) groups is 1. The van der Waals surface area contributed by atoms with Crippen LogP contribution in [-0.4, -0.2) is 35.9 Å². The van der Waals surface area contributed by atoms with E-state index in [1.807, 2.05) is 20.0 Å². The SMILES string of the molecule is Cc1cc(Cn2cc(C(=O)O)nn2)n(C)n1. The summed E-state index contributed by atoms with van der Waals surface area (Å²) in [6, 6.07) is 1.92. The summed E-state index contributed by atoms with van der Waals surface area (Å²) in [6.07, 6.45) is 1.39. The normalized spacial score (nSPS) is 10.6. The van der Waals surface area contributed by atoms with Gasteiger partial charge in [0, 0.05) is 7.05 Å². The van der Waals surface area contributed by atoms with Gasteiger partial charge in [0.1, 0.15) is 0 Å². The Hall–Kier alpha value is -2.18. The highest BCUT2D eigenvalue weighted by molar-refractivity contribution is 5.84. The Labute approximate surface area is 91.3 Å². The highest BCUT2D eigenvalue weighted by Crippen LogP contribution is 2.04. The summed E-state index contributed by atoms with van der Waals surface area (Å²) in [6.45, 7) is 2.35. The number of carboxylic acid groups (broad SMARTS) is 1. The molecule has 0 amide bonds. The van der Waals surface area contributed by atoms with Crippen molar-refractivity contribution in [3.63, 3.8) is 0 Å². The van der Waals surface area contributed by atoms with Gasteiger partial charge in [-0.2, -0.15) is 5.10 Å². The molecule has 2 aromatic rings. The third-order valence-electron chi connectivity index (χ3n) is 2.18. The zero-order valence-electron chi connectivity index (χ0n) is 8.95. The molecule has 0 unspecified atom stereocenters. The fraction of sp³-hybridized carbons (Fsp3) is 0.333. The molecule has 7 nitrogen and oxygen atoms in total. The van der Waals surface area contributed by atoms with E-state index >= 15 is 0 Å². The molecular weight excluding hydrogens is 210 g/mol. The van der Waals surface area contributed by atoms with Gasteiger partial charge in [0.05, 0.1) is 24.1 Å². The van der Waals surface area contributed by atoms with Gasteiger partial charge < -0.3 is 5.11 Å². The van der Waals surface area contributed by atoms with E-state index in [1.54, 1.807) is 4.68 Å². The lowest BCUT2D eigenvalue weighted by Crippen LogP contribution is -2.06. The van der Waals surface area contributed by atoms with Gasteiger partial charge >= 0.3 is 5.97 Å². The summed E-state index contributed by atoms with van der Waals surface area (Å²) >= 11 is 0. The van der Waals surface area contributed by atoms with Crippen LogP contribution >= 0.6 is 0 Å². The number of aromatic nitrogens is 5. The van der Waals surface area contributed by atoms with Gasteiger partial charge in [-0.1, -0.05) is 5.21 Å². The Balaban J connectivity index is 2.20. The van der Waals surface area contributed by atoms with E-state index in [2.05, 4.69) is 15.4 Å². The van der Waals surface area contributed by atoms with Crippen molar-refractivity contribution in [2.24, 2.45) is 7.05 Å². The average Bonchev–Trinajstić information content (AvgIpc) is 2.75. The van der Waals surface area contributed by atoms with Crippen LogP contribution in [0.2, 0.25) is 0 Å². The van der Waals surface area contributed by atoms with Gasteiger partial charge in [-0.15, -0.1) is 5.10 Å². The highest BCUT2D eigenvalue weighted by atomic mass is 16.4. The number of nitrogens with zero attached hydrogens (tertiary/aromatic N) is 5. The second-order valence-electron chi connectivity index (χ2n) is 3.51. The van der Waals surface area contributed by atoms with Crippen molar-refractivity contribution in [2.75, 3.05) is 0 Å². The minimum absolute atomic E-state index is 0.0566. The predicted octanol–water partition coefficient (Wildman–Crippen LogP) is 0.0665. The molecule has 0 aliphatic heterocycles. The van der Waals surface area contributed by atoms with Crippen molar-refractivity contribution in [1.29, 1.82) is 0 Å². The largest absolute Gasteiger partial charge is 0.476 e. The quantitative estimate of drug-likeness (QED) is 0.792. The standard InChI is InChI=1S/C9H11N5O2/c1-6-3-7(13(2)11-6)4-14-5-8(9(15)16)10-12-14/h3,5H,4H2,1-2H3,(H,15,16). The third-order valence-corrected chi connectivity index (χ3v) is 2.18. The molecule has 84 valence electrons. The lowest BCUT2D eigenvalue weighted by molar-refractivity contribution is 0.0690. The van der Waals surface area contributed by atoms with Crippen molar-refractivity contribution in [1.82, 2.24) is 24.8 Å². The Morgan fingerprint density at radius 3 is 2.81 bits per heavy atom. The first-order valence-corrected chi connectivity index (χ1v) is 4.69. The molecule has 0 atom stereocenters. The number of aromatic carboxylic acids is 1. The van der Waals surface area contributed by atoms with Gasteiger partial charge in [0.15, 0.2) is 5.69 Å². The van der Waals surface area contributed by atoms with Crippen molar-refractivity contribution >= 4 is 5.97 Å². The molecule has 1 N–H and O–H groups in total. The van der Waals surface area contributed by atoms with Crippen LogP contribution < -0.4 is 0 Å². The molecule has 0 saturated carbocycles. The molecular formula is C9H11N5O2. The number of hydrogen-bond acceptors (Lipinski definition) is 4. The van der Waals surface area contributed by atoms with E-state index in [4.69, 9.17) is 5.11 Å². The topological polar surface area (TPSA) is 85.8 Å². The molecule has 0 fully saturated rings. The summed E-state index contributed by atoms with van der Waals surface area (Å²) in [5.41, 5.74) is 1.80. The van der Waals surface area contributed by atoms with Crippen LogP contribution in [0.25, 0.3) is 0 Å². The monoisotopic (exact) mass is 221 g/mol. The van der Waals surface area contributed by atoms with Crippen molar-refractivity contribution < 1.29 is 9.90 Å². The molecule has 0 radical (unpaired) electrons. The molecule has 0 aromatic carbocycles. The Kier molecular flexibility index (Phi) is 2.43. The van der Waals surface area contributed by atoms with E-state index in [0.717, 1.165) is 11.4 Å². The maximum absolute atomic E-state index is 10.6. The van der Waals surface area contributed by atoms with Crippen LogP contribution in [0.1, 0.15) is 21.9 Å². The zero-order chi connectivity index (χ0) is 11.7. The minimum atomic E-state index is -1.08. The number of hydrogen-bond donors (Lipinski definition) is 1. The molecule has 0 spiro atoms. The first-order valence-electron chi connectivity index (χ1n) is 4.69. The first-order chi connectivity index (χ1) is 7.56. The van der Waals surface area contributed by atoms with Crippen molar-refractivity contribution in [3.8, 4) is 0 Å². The van der Waals surface area contributed by atoms with Crippen molar-refractivity contribution in [2.45, 2.75) is 13.5 Å². The highest BCUT2D eigenvalue weighted by Gasteiger charge is 2.09. The second kappa shape index (κ2) is 3.76. The second-order valence-corrected chi connectivity index (χ2v) is 3.51. The Morgan fingerprint density at radius 2 is 2.31 bits per heavy atom.